The van der Waals surface area contributed by atoms with Crippen LogP contribution >= 0.6 is 0 Å². The van der Waals surface area contributed by atoms with Gasteiger partial charge in [0.2, 0.25) is 0 Å². The second-order valence-corrected chi connectivity index (χ2v) is 7.32. The van der Waals surface area contributed by atoms with Gasteiger partial charge in [-0.1, -0.05) is 12.1 Å². The Bertz CT molecular complexity index is 571. The van der Waals surface area contributed by atoms with E-state index < -0.39 is 28.6 Å². The molecule has 0 saturated carbocycles. The van der Waals surface area contributed by atoms with E-state index in [1.165, 1.54) is 12.1 Å². The fraction of sp³-hybridized carbons (Fsp3) is 0.625. The summed E-state index contributed by atoms with van der Waals surface area (Å²) < 4.78 is 0. The van der Waals surface area contributed by atoms with E-state index in [-0.39, 0.29) is 11.2 Å². The van der Waals surface area contributed by atoms with Crippen LogP contribution < -0.4 is 5.32 Å². The topological polar surface area (TPSA) is 95.6 Å². The summed E-state index contributed by atoms with van der Waals surface area (Å²) in [6.45, 7) is 7.88. The average Bonchev–Trinajstić information content (AvgIpc) is 2.35. The maximum Gasteiger partial charge on any atom is 0.269 e. The van der Waals surface area contributed by atoms with Gasteiger partial charge < -0.3 is 15.5 Å². The Labute approximate surface area is 130 Å². The summed E-state index contributed by atoms with van der Waals surface area (Å²) in [6, 6.07) is 5.96. The maximum absolute atomic E-state index is 10.9. The molecule has 3 N–H and O–H groups in total. The van der Waals surface area contributed by atoms with Crippen LogP contribution in [0.5, 0.6) is 0 Å². The lowest BCUT2D eigenvalue weighted by Gasteiger charge is -2.52. The number of hydrogen-bond acceptors (Lipinski definition) is 5. The molecule has 0 unspecified atom stereocenters. The third kappa shape index (κ3) is 3.29. The minimum Gasteiger partial charge on any atom is -0.393 e. The van der Waals surface area contributed by atoms with Crippen LogP contribution in [0.3, 0.4) is 0 Å². The molecule has 1 aliphatic rings. The molecule has 2 rings (SSSR count). The van der Waals surface area contributed by atoms with E-state index in [1.54, 1.807) is 12.1 Å². The van der Waals surface area contributed by atoms with Crippen LogP contribution in [-0.4, -0.2) is 32.3 Å². The zero-order valence-corrected chi connectivity index (χ0v) is 13.4. The normalized spacial score (nSPS) is 28.1. The fourth-order valence-corrected chi connectivity index (χ4v) is 3.77. The van der Waals surface area contributed by atoms with Gasteiger partial charge >= 0.3 is 0 Å². The Morgan fingerprint density at radius 3 is 2.55 bits per heavy atom. The predicted octanol–water partition coefficient (Wildman–Crippen LogP) is 2.16. The molecule has 0 aliphatic carbocycles. The number of aliphatic hydroxyl groups excluding tert-OH is 2. The number of nitrogens with one attached hydrogen (secondary N) is 1. The molecule has 6 heteroatoms. The van der Waals surface area contributed by atoms with Crippen molar-refractivity contribution in [1.82, 2.24) is 5.32 Å². The molecule has 1 aliphatic heterocycles. The first-order chi connectivity index (χ1) is 10.0. The number of aliphatic hydroxyl groups is 2. The third-order valence-electron chi connectivity index (χ3n) is 4.39. The number of nitro groups is 1. The summed E-state index contributed by atoms with van der Waals surface area (Å²) in [5.41, 5.74) is -0.353. The van der Waals surface area contributed by atoms with E-state index in [2.05, 4.69) is 5.32 Å². The first kappa shape index (κ1) is 16.9. The summed E-state index contributed by atoms with van der Waals surface area (Å²) in [6.07, 6.45) is -1.17. The molecule has 0 aromatic heterocycles. The SMILES string of the molecule is CC1(C)C[C@@H](O)[C@@H]([C@H](O)c2cccc([N+](=O)[O-])c2)C(C)(C)N1. The van der Waals surface area contributed by atoms with E-state index >= 15 is 0 Å². The molecule has 1 aromatic carbocycles. The molecule has 1 fully saturated rings. The maximum atomic E-state index is 10.9. The molecular weight excluding hydrogens is 284 g/mol. The first-order valence-electron chi connectivity index (χ1n) is 7.43. The molecule has 0 amide bonds. The monoisotopic (exact) mass is 308 g/mol. The average molecular weight is 308 g/mol. The van der Waals surface area contributed by atoms with E-state index in [1.807, 2.05) is 27.7 Å². The molecule has 0 spiro atoms. The van der Waals surface area contributed by atoms with Crippen LogP contribution in [0.4, 0.5) is 5.69 Å². The largest absolute Gasteiger partial charge is 0.393 e. The zero-order valence-electron chi connectivity index (χ0n) is 13.4. The molecule has 1 saturated heterocycles. The quantitative estimate of drug-likeness (QED) is 0.587. The molecule has 3 atom stereocenters. The zero-order chi connectivity index (χ0) is 16.7. The molecule has 1 heterocycles. The van der Waals surface area contributed by atoms with Gasteiger partial charge in [0.25, 0.3) is 5.69 Å². The highest BCUT2D eigenvalue weighted by Crippen LogP contribution is 2.41. The van der Waals surface area contributed by atoms with Crippen molar-refractivity contribution in [3.8, 4) is 0 Å². The smallest absolute Gasteiger partial charge is 0.269 e. The molecule has 1 aromatic rings. The fourth-order valence-electron chi connectivity index (χ4n) is 3.77. The number of piperidine rings is 1. The number of rotatable bonds is 3. The summed E-state index contributed by atoms with van der Waals surface area (Å²) >= 11 is 0. The lowest BCUT2D eigenvalue weighted by atomic mass is 9.69. The second kappa shape index (κ2) is 5.61. The van der Waals surface area contributed by atoms with Gasteiger partial charge in [0.05, 0.1) is 17.1 Å². The summed E-state index contributed by atoms with van der Waals surface area (Å²) in [5, 5.41) is 35.6. The Morgan fingerprint density at radius 2 is 2.00 bits per heavy atom. The third-order valence-corrected chi connectivity index (χ3v) is 4.39. The number of benzene rings is 1. The number of non-ortho nitro benzene ring substituents is 1. The van der Waals surface area contributed by atoms with Crippen molar-refractivity contribution in [1.29, 1.82) is 0 Å². The Balaban J connectivity index is 2.33. The Kier molecular flexibility index (Phi) is 4.30. The lowest BCUT2D eigenvalue weighted by molar-refractivity contribution is -0.385. The first-order valence-corrected chi connectivity index (χ1v) is 7.43. The van der Waals surface area contributed by atoms with Crippen molar-refractivity contribution in [3.05, 3.63) is 39.9 Å². The Morgan fingerprint density at radius 1 is 1.36 bits per heavy atom. The van der Waals surface area contributed by atoms with Gasteiger partial charge in [-0.25, -0.2) is 0 Å². The van der Waals surface area contributed by atoms with Crippen LogP contribution in [0.15, 0.2) is 24.3 Å². The van der Waals surface area contributed by atoms with E-state index in [4.69, 9.17) is 0 Å². The van der Waals surface area contributed by atoms with Crippen molar-refractivity contribution < 1.29 is 15.1 Å². The molecule has 22 heavy (non-hydrogen) atoms. The summed E-state index contributed by atoms with van der Waals surface area (Å²) in [4.78, 5) is 10.4. The summed E-state index contributed by atoms with van der Waals surface area (Å²) in [5.74, 6) is -0.456. The highest BCUT2D eigenvalue weighted by molar-refractivity contribution is 5.36. The van der Waals surface area contributed by atoms with Gasteiger partial charge in [-0.2, -0.15) is 0 Å². The van der Waals surface area contributed by atoms with Crippen molar-refractivity contribution in [3.63, 3.8) is 0 Å². The molecule has 6 nitrogen and oxygen atoms in total. The minimum atomic E-state index is -0.978. The Hall–Kier alpha value is -1.50. The number of hydrogen-bond donors (Lipinski definition) is 3. The van der Waals surface area contributed by atoms with Crippen LogP contribution in [0.1, 0.15) is 45.8 Å². The predicted molar refractivity (Wildman–Crippen MR) is 83.5 cm³/mol. The van der Waals surface area contributed by atoms with Crippen LogP contribution in [0.2, 0.25) is 0 Å². The molecule has 0 radical (unpaired) electrons. The van der Waals surface area contributed by atoms with Crippen molar-refractivity contribution >= 4 is 5.69 Å². The van der Waals surface area contributed by atoms with Gasteiger partial charge in [0, 0.05) is 29.1 Å². The van der Waals surface area contributed by atoms with Crippen molar-refractivity contribution in [2.45, 2.75) is 57.4 Å². The number of nitrogens with zero attached hydrogens (tertiary/aromatic N) is 1. The lowest BCUT2D eigenvalue weighted by Crippen LogP contribution is -2.65. The van der Waals surface area contributed by atoms with E-state index in [9.17, 15) is 20.3 Å². The van der Waals surface area contributed by atoms with Crippen LogP contribution in [0.25, 0.3) is 0 Å². The summed E-state index contributed by atoms with van der Waals surface area (Å²) in [7, 11) is 0. The molecular formula is C16H24N2O4. The van der Waals surface area contributed by atoms with Crippen molar-refractivity contribution in [2.75, 3.05) is 0 Å². The van der Waals surface area contributed by atoms with Gasteiger partial charge in [-0.05, 0) is 39.7 Å². The van der Waals surface area contributed by atoms with Gasteiger partial charge in [-0.15, -0.1) is 0 Å². The van der Waals surface area contributed by atoms with Crippen molar-refractivity contribution in [2.24, 2.45) is 5.92 Å². The van der Waals surface area contributed by atoms with Crippen LogP contribution in [-0.2, 0) is 0 Å². The molecule has 0 bridgehead atoms. The van der Waals surface area contributed by atoms with Gasteiger partial charge in [0.15, 0.2) is 0 Å². The second-order valence-electron chi connectivity index (χ2n) is 7.32. The standard InChI is InChI=1S/C16H24N2O4/c1-15(2)9-12(19)13(16(3,4)17-15)14(20)10-6-5-7-11(8-10)18(21)22/h5-8,12-14,17,19-20H,9H2,1-4H3/t12-,13+,14-/m1/s1. The van der Waals surface area contributed by atoms with Gasteiger partial charge in [0.1, 0.15) is 0 Å². The van der Waals surface area contributed by atoms with Gasteiger partial charge in [-0.3, -0.25) is 10.1 Å². The minimum absolute atomic E-state index is 0.0621. The van der Waals surface area contributed by atoms with E-state index in [0.29, 0.717) is 12.0 Å². The highest BCUT2D eigenvalue weighted by Gasteiger charge is 2.48. The highest BCUT2D eigenvalue weighted by atomic mass is 16.6. The number of nitro benzene ring substituents is 1. The van der Waals surface area contributed by atoms with Crippen LogP contribution in [0, 0.1) is 16.0 Å². The van der Waals surface area contributed by atoms with E-state index in [0.717, 1.165) is 0 Å². The molecule has 122 valence electrons.